The highest BCUT2D eigenvalue weighted by atomic mass is 16.3. The number of rotatable bonds is 6. The molecular formula is C11H21N5O. The fraction of sp³-hybridized carbons (Fsp3) is 0.636. The van der Waals surface area contributed by atoms with Crippen molar-refractivity contribution >= 4 is 11.7 Å². The van der Waals surface area contributed by atoms with Crippen molar-refractivity contribution in [3.63, 3.8) is 0 Å². The maximum Gasteiger partial charge on any atom is 0.137 e. The largest absolute Gasteiger partial charge is 0.395 e. The molecule has 0 amide bonds. The fourth-order valence-electron chi connectivity index (χ4n) is 2.04. The van der Waals surface area contributed by atoms with Gasteiger partial charge in [0.1, 0.15) is 11.7 Å². The first-order valence-electron chi connectivity index (χ1n) is 5.76. The lowest BCUT2D eigenvalue weighted by Gasteiger charge is -2.24. The molecule has 1 aromatic heterocycles. The molecule has 17 heavy (non-hydrogen) atoms. The summed E-state index contributed by atoms with van der Waals surface area (Å²) in [7, 11) is 1.83. The molecule has 1 rings (SSSR count). The number of nitrogens with two attached hydrogens (primary N) is 1. The van der Waals surface area contributed by atoms with Gasteiger partial charge in [-0.15, -0.1) is 0 Å². The zero-order chi connectivity index (χ0) is 13.0. The Balaban J connectivity index is 3.20. The smallest absolute Gasteiger partial charge is 0.137 e. The second kappa shape index (κ2) is 5.67. The first kappa shape index (κ1) is 13.5. The SMILES string of the molecule is CCCN(CCO)c1c(C(=N)N)c(C)nn1C. The standard InChI is InChI=1S/C11H21N5O/c1-4-5-16(6-7-17)11-9(10(12)13)8(2)14-15(11)3/h17H,4-7H2,1-3H3,(H3,12,13). The number of aliphatic hydroxyl groups is 1. The molecule has 0 fully saturated rings. The number of aryl methyl sites for hydroxylation is 2. The number of nitrogens with zero attached hydrogens (tertiary/aromatic N) is 3. The van der Waals surface area contributed by atoms with Crippen LogP contribution in [0.15, 0.2) is 0 Å². The lowest BCUT2D eigenvalue weighted by Crippen LogP contribution is -2.31. The van der Waals surface area contributed by atoms with Gasteiger partial charge < -0.3 is 15.7 Å². The molecule has 4 N–H and O–H groups in total. The van der Waals surface area contributed by atoms with Gasteiger partial charge >= 0.3 is 0 Å². The average Bonchev–Trinajstić information content (AvgIpc) is 2.53. The van der Waals surface area contributed by atoms with E-state index in [2.05, 4.69) is 12.0 Å². The van der Waals surface area contributed by atoms with Crippen molar-refractivity contribution < 1.29 is 5.11 Å². The minimum absolute atomic E-state index is 0.0182. The van der Waals surface area contributed by atoms with E-state index in [1.165, 1.54) is 0 Å². The van der Waals surface area contributed by atoms with Gasteiger partial charge in [0, 0.05) is 20.1 Å². The van der Waals surface area contributed by atoms with Crippen LogP contribution in [0.3, 0.4) is 0 Å². The van der Waals surface area contributed by atoms with Crippen LogP contribution in [0.4, 0.5) is 5.82 Å². The summed E-state index contributed by atoms with van der Waals surface area (Å²) in [5.74, 6) is 0.829. The number of hydrogen-bond donors (Lipinski definition) is 3. The van der Waals surface area contributed by atoms with Gasteiger partial charge in [-0.3, -0.25) is 10.1 Å². The van der Waals surface area contributed by atoms with E-state index in [-0.39, 0.29) is 12.4 Å². The van der Waals surface area contributed by atoms with E-state index < -0.39 is 0 Å². The summed E-state index contributed by atoms with van der Waals surface area (Å²) in [6, 6.07) is 0. The number of aromatic nitrogens is 2. The van der Waals surface area contributed by atoms with Crippen LogP contribution in [0, 0.1) is 12.3 Å². The highest BCUT2D eigenvalue weighted by Gasteiger charge is 2.20. The van der Waals surface area contributed by atoms with Crippen molar-refractivity contribution in [2.75, 3.05) is 24.6 Å². The Morgan fingerprint density at radius 1 is 1.53 bits per heavy atom. The highest BCUT2D eigenvalue weighted by Crippen LogP contribution is 2.22. The van der Waals surface area contributed by atoms with E-state index in [0.29, 0.717) is 12.1 Å². The predicted molar refractivity (Wildman–Crippen MR) is 68.6 cm³/mol. The molecule has 0 radical (unpaired) electrons. The molecule has 0 bridgehead atoms. The number of anilines is 1. The monoisotopic (exact) mass is 239 g/mol. The topological polar surface area (TPSA) is 91.2 Å². The molecule has 0 saturated carbocycles. The fourth-order valence-corrected chi connectivity index (χ4v) is 2.04. The summed E-state index contributed by atoms with van der Waals surface area (Å²) in [6.45, 7) is 5.30. The number of amidine groups is 1. The second-order valence-electron chi connectivity index (χ2n) is 4.03. The number of nitrogens with one attached hydrogen (secondary N) is 1. The van der Waals surface area contributed by atoms with Crippen LogP contribution in [-0.2, 0) is 7.05 Å². The zero-order valence-electron chi connectivity index (χ0n) is 10.7. The van der Waals surface area contributed by atoms with Crippen LogP contribution >= 0.6 is 0 Å². The molecule has 1 aromatic rings. The van der Waals surface area contributed by atoms with E-state index in [4.69, 9.17) is 16.2 Å². The van der Waals surface area contributed by atoms with Gasteiger partial charge in [0.05, 0.1) is 17.9 Å². The lowest BCUT2D eigenvalue weighted by atomic mass is 10.2. The van der Waals surface area contributed by atoms with Crippen LogP contribution in [0.25, 0.3) is 0 Å². The van der Waals surface area contributed by atoms with Gasteiger partial charge in [-0.2, -0.15) is 5.10 Å². The Kier molecular flexibility index (Phi) is 4.51. The minimum atomic E-state index is 0.0182. The Morgan fingerprint density at radius 2 is 2.18 bits per heavy atom. The first-order chi connectivity index (χ1) is 8.02. The van der Waals surface area contributed by atoms with E-state index >= 15 is 0 Å². The molecular weight excluding hydrogens is 218 g/mol. The third-order valence-electron chi connectivity index (χ3n) is 2.62. The summed E-state index contributed by atoms with van der Waals surface area (Å²) < 4.78 is 1.72. The molecule has 6 nitrogen and oxygen atoms in total. The number of hydrogen-bond acceptors (Lipinski definition) is 4. The maximum absolute atomic E-state index is 9.10. The summed E-state index contributed by atoms with van der Waals surface area (Å²) in [4.78, 5) is 2.01. The molecule has 0 unspecified atom stereocenters. The average molecular weight is 239 g/mol. The Bertz CT molecular complexity index is 393. The van der Waals surface area contributed by atoms with Gasteiger partial charge in [0.25, 0.3) is 0 Å². The van der Waals surface area contributed by atoms with Crippen LogP contribution < -0.4 is 10.6 Å². The van der Waals surface area contributed by atoms with Gasteiger partial charge in [-0.25, -0.2) is 0 Å². The van der Waals surface area contributed by atoms with E-state index in [9.17, 15) is 0 Å². The first-order valence-corrected chi connectivity index (χ1v) is 5.76. The normalized spacial score (nSPS) is 10.6. The van der Waals surface area contributed by atoms with E-state index in [0.717, 1.165) is 24.5 Å². The van der Waals surface area contributed by atoms with Crippen LogP contribution in [0.5, 0.6) is 0 Å². The molecule has 1 heterocycles. The molecule has 0 aliphatic carbocycles. The summed E-state index contributed by atoms with van der Waals surface area (Å²) in [5, 5.41) is 21.0. The van der Waals surface area contributed by atoms with Crippen molar-refractivity contribution in [1.82, 2.24) is 9.78 Å². The Hall–Kier alpha value is -1.56. The third kappa shape index (κ3) is 2.76. The molecule has 0 saturated heterocycles. The second-order valence-corrected chi connectivity index (χ2v) is 4.03. The lowest BCUT2D eigenvalue weighted by molar-refractivity contribution is 0.301. The third-order valence-corrected chi connectivity index (χ3v) is 2.62. The maximum atomic E-state index is 9.10. The summed E-state index contributed by atoms with van der Waals surface area (Å²) >= 11 is 0. The van der Waals surface area contributed by atoms with Crippen LogP contribution in [0.2, 0.25) is 0 Å². The molecule has 0 spiro atoms. The van der Waals surface area contributed by atoms with Crippen LogP contribution in [0.1, 0.15) is 24.6 Å². The van der Waals surface area contributed by atoms with Gasteiger partial charge in [0.15, 0.2) is 0 Å². The van der Waals surface area contributed by atoms with Gasteiger partial charge in [-0.1, -0.05) is 6.92 Å². The zero-order valence-corrected chi connectivity index (χ0v) is 10.7. The molecule has 0 aliphatic heterocycles. The predicted octanol–water partition coefficient (Wildman–Crippen LogP) is 0.221. The minimum Gasteiger partial charge on any atom is -0.395 e. The quantitative estimate of drug-likeness (QED) is 0.489. The van der Waals surface area contributed by atoms with Crippen molar-refractivity contribution in [2.24, 2.45) is 12.8 Å². The highest BCUT2D eigenvalue weighted by molar-refractivity contribution is 6.00. The molecule has 0 aromatic carbocycles. The van der Waals surface area contributed by atoms with Crippen molar-refractivity contribution in [3.8, 4) is 0 Å². The van der Waals surface area contributed by atoms with Crippen LogP contribution in [-0.4, -0.2) is 40.4 Å². The number of nitrogen functional groups attached to an aromatic ring is 1. The summed E-state index contributed by atoms with van der Waals surface area (Å²) in [5.41, 5.74) is 7.01. The van der Waals surface area contributed by atoms with Crippen molar-refractivity contribution in [3.05, 3.63) is 11.3 Å². The molecule has 0 aliphatic rings. The molecule has 96 valence electrons. The number of aliphatic hydroxyl groups excluding tert-OH is 1. The summed E-state index contributed by atoms with van der Waals surface area (Å²) in [6.07, 6.45) is 0.960. The molecule has 0 atom stereocenters. The van der Waals surface area contributed by atoms with Crippen molar-refractivity contribution in [1.29, 1.82) is 5.41 Å². The van der Waals surface area contributed by atoms with Gasteiger partial charge in [-0.05, 0) is 13.3 Å². The van der Waals surface area contributed by atoms with E-state index in [1.54, 1.807) is 4.68 Å². The Morgan fingerprint density at radius 3 is 2.65 bits per heavy atom. The molecule has 6 heteroatoms. The Labute approximate surface area is 102 Å². The van der Waals surface area contributed by atoms with Crippen molar-refractivity contribution in [2.45, 2.75) is 20.3 Å². The van der Waals surface area contributed by atoms with E-state index in [1.807, 2.05) is 18.9 Å². The van der Waals surface area contributed by atoms with Gasteiger partial charge in [0.2, 0.25) is 0 Å².